The summed E-state index contributed by atoms with van der Waals surface area (Å²) in [5.74, 6) is -0.746. The maximum atomic E-state index is 12.8. The number of nitrogens with one attached hydrogen (secondary N) is 1. The van der Waals surface area contributed by atoms with Gasteiger partial charge in [-0.05, 0) is 35.4 Å². The van der Waals surface area contributed by atoms with Crippen LogP contribution in [0.3, 0.4) is 0 Å². The lowest BCUT2D eigenvalue weighted by atomic mass is 10.2. The van der Waals surface area contributed by atoms with Gasteiger partial charge in [-0.1, -0.05) is 12.1 Å². The Kier molecular flexibility index (Phi) is 6.10. The highest BCUT2D eigenvalue weighted by atomic mass is 32.2. The molecule has 0 aliphatic rings. The lowest BCUT2D eigenvalue weighted by molar-refractivity contribution is -0.113. The first-order chi connectivity index (χ1) is 13.9. The van der Waals surface area contributed by atoms with Crippen LogP contribution in [0.25, 0.3) is 6.08 Å². The van der Waals surface area contributed by atoms with E-state index >= 15 is 0 Å². The zero-order valence-corrected chi connectivity index (χ0v) is 16.2. The number of hydrogen-bond acceptors (Lipinski definition) is 6. The normalized spacial score (nSPS) is 11.7. The van der Waals surface area contributed by atoms with E-state index in [0.717, 1.165) is 15.6 Å². The molecule has 4 N–H and O–H groups in total. The van der Waals surface area contributed by atoms with Gasteiger partial charge in [-0.3, -0.25) is 9.78 Å². The first-order valence-electron chi connectivity index (χ1n) is 8.69. The van der Waals surface area contributed by atoms with Crippen molar-refractivity contribution in [2.45, 2.75) is 18.0 Å². The summed E-state index contributed by atoms with van der Waals surface area (Å²) in [6.45, 7) is 0.935. The second-order valence-electron chi connectivity index (χ2n) is 6.27. The van der Waals surface area contributed by atoms with Crippen molar-refractivity contribution in [1.29, 1.82) is 0 Å². The molecule has 0 saturated carbocycles. The molecule has 1 aromatic carbocycles. The smallest absolute Gasteiger partial charge is 0.267 e. The molecule has 0 atom stereocenters. The zero-order chi connectivity index (χ0) is 20.9. The van der Waals surface area contributed by atoms with Gasteiger partial charge in [-0.2, -0.15) is 0 Å². The van der Waals surface area contributed by atoms with Gasteiger partial charge < -0.3 is 16.2 Å². The summed E-state index contributed by atoms with van der Waals surface area (Å²) in [5, 5.41) is 13.4. The third-order valence-electron chi connectivity index (χ3n) is 4.13. The highest BCUT2D eigenvalue weighted by molar-refractivity contribution is 7.90. The number of nitrogens with zero attached hydrogens (tertiary/aromatic N) is 2. The predicted molar refractivity (Wildman–Crippen MR) is 108 cm³/mol. The Labute approximate surface area is 168 Å². The quantitative estimate of drug-likeness (QED) is 0.483. The molecule has 29 heavy (non-hydrogen) atoms. The molecule has 0 aliphatic heterocycles. The zero-order valence-electron chi connectivity index (χ0n) is 15.4. The maximum absolute atomic E-state index is 12.8. The number of hydrogen-bond donors (Lipinski definition) is 3. The van der Waals surface area contributed by atoms with Gasteiger partial charge in [0.1, 0.15) is 5.75 Å². The molecule has 3 aromatic rings. The molecule has 0 aliphatic carbocycles. The van der Waals surface area contributed by atoms with Crippen LogP contribution in [0.5, 0.6) is 5.75 Å². The summed E-state index contributed by atoms with van der Waals surface area (Å²) in [6.07, 6.45) is 8.71. The van der Waals surface area contributed by atoms with Crippen molar-refractivity contribution in [3.63, 3.8) is 0 Å². The van der Waals surface area contributed by atoms with Gasteiger partial charge in [-0.25, -0.2) is 12.4 Å². The van der Waals surface area contributed by atoms with E-state index in [1.807, 2.05) is 12.1 Å². The van der Waals surface area contributed by atoms with E-state index in [2.05, 4.69) is 10.3 Å². The number of aromatic hydroxyl groups is 1. The van der Waals surface area contributed by atoms with Gasteiger partial charge >= 0.3 is 0 Å². The number of phenols is 1. The number of primary amides is 1. The Balaban J connectivity index is 1.72. The van der Waals surface area contributed by atoms with Crippen LogP contribution in [-0.2, 0) is 27.9 Å². The largest absolute Gasteiger partial charge is 0.508 e. The average Bonchev–Trinajstić information content (AvgIpc) is 3.18. The van der Waals surface area contributed by atoms with Gasteiger partial charge in [0.25, 0.3) is 10.0 Å². The maximum Gasteiger partial charge on any atom is 0.267 e. The van der Waals surface area contributed by atoms with E-state index in [9.17, 15) is 18.3 Å². The topological polar surface area (TPSA) is 127 Å². The molecule has 0 spiro atoms. The Bertz CT molecular complexity index is 1140. The number of carbonyl (C=O) groups is 1. The Hall–Kier alpha value is -3.43. The SMILES string of the molecule is NC(=O)/C=C/c1ccn(S(=O)(=O)c2ccc(CNCc3cccnc3)c(O)c2)c1. The van der Waals surface area contributed by atoms with Gasteiger partial charge in [0.05, 0.1) is 4.90 Å². The van der Waals surface area contributed by atoms with Crippen LogP contribution >= 0.6 is 0 Å². The van der Waals surface area contributed by atoms with E-state index in [1.54, 1.807) is 18.5 Å². The minimum atomic E-state index is -3.88. The van der Waals surface area contributed by atoms with Crippen LogP contribution in [0, 0.1) is 0 Å². The van der Waals surface area contributed by atoms with Crippen molar-refractivity contribution in [2.75, 3.05) is 0 Å². The molecule has 0 fully saturated rings. The first kappa shape index (κ1) is 20.3. The van der Waals surface area contributed by atoms with Gasteiger partial charge in [0.2, 0.25) is 5.91 Å². The van der Waals surface area contributed by atoms with Crippen LogP contribution in [0.1, 0.15) is 16.7 Å². The van der Waals surface area contributed by atoms with E-state index in [4.69, 9.17) is 5.73 Å². The van der Waals surface area contributed by atoms with E-state index < -0.39 is 15.9 Å². The molecule has 2 aromatic heterocycles. The molecule has 0 saturated heterocycles. The fourth-order valence-electron chi connectivity index (χ4n) is 2.64. The molecule has 2 heterocycles. The number of benzene rings is 1. The Morgan fingerprint density at radius 1 is 1.24 bits per heavy atom. The van der Waals surface area contributed by atoms with Crippen LogP contribution < -0.4 is 11.1 Å². The summed E-state index contributed by atoms with van der Waals surface area (Å²) in [4.78, 5) is 14.8. The fraction of sp³-hybridized carbons (Fsp3) is 0.100. The third-order valence-corrected chi connectivity index (χ3v) is 5.76. The second-order valence-corrected chi connectivity index (χ2v) is 8.11. The number of carbonyl (C=O) groups excluding carboxylic acids is 1. The number of phenolic OH excluding ortho intramolecular Hbond substituents is 1. The number of nitrogens with two attached hydrogens (primary N) is 1. The van der Waals surface area contributed by atoms with E-state index in [0.29, 0.717) is 24.2 Å². The Morgan fingerprint density at radius 2 is 2.07 bits per heavy atom. The molecule has 0 radical (unpaired) electrons. The minimum Gasteiger partial charge on any atom is -0.508 e. The standard InChI is InChI=1S/C20H20N4O4S/c21-20(26)6-3-15-7-9-24(14-15)29(27,28)18-5-4-17(19(25)10-18)13-23-12-16-2-1-8-22-11-16/h1-11,14,23,25H,12-13H2,(H2,21,26)/b6-3+. The van der Waals surface area contributed by atoms with Crippen molar-refractivity contribution in [3.8, 4) is 5.75 Å². The molecular weight excluding hydrogens is 392 g/mol. The van der Waals surface area contributed by atoms with Gasteiger partial charge in [-0.15, -0.1) is 0 Å². The minimum absolute atomic E-state index is 0.0490. The van der Waals surface area contributed by atoms with E-state index in [1.165, 1.54) is 36.7 Å². The molecule has 1 amide bonds. The lowest BCUT2D eigenvalue weighted by Crippen LogP contribution is -2.14. The van der Waals surface area contributed by atoms with E-state index in [-0.39, 0.29) is 10.6 Å². The summed E-state index contributed by atoms with van der Waals surface area (Å²) in [5.41, 5.74) is 7.12. The van der Waals surface area contributed by atoms with Gasteiger partial charge in [0, 0.05) is 55.6 Å². The number of pyridine rings is 1. The van der Waals surface area contributed by atoms with Crippen molar-refractivity contribution < 1.29 is 18.3 Å². The molecule has 0 bridgehead atoms. The lowest BCUT2D eigenvalue weighted by Gasteiger charge is -2.10. The summed E-state index contributed by atoms with van der Waals surface area (Å²) >= 11 is 0. The van der Waals surface area contributed by atoms with Crippen molar-refractivity contribution in [2.24, 2.45) is 5.73 Å². The molecule has 9 heteroatoms. The highest BCUT2D eigenvalue weighted by Gasteiger charge is 2.18. The van der Waals surface area contributed by atoms with Crippen LogP contribution in [0.2, 0.25) is 0 Å². The van der Waals surface area contributed by atoms with Crippen LogP contribution in [0.15, 0.2) is 72.2 Å². The first-order valence-corrected chi connectivity index (χ1v) is 10.1. The van der Waals surface area contributed by atoms with Crippen LogP contribution in [-0.4, -0.2) is 28.4 Å². The van der Waals surface area contributed by atoms with Gasteiger partial charge in [0.15, 0.2) is 0 Å². The van der Waals surface area contributed by atoms with Crippen molar-refractivity contribution >= 4 is 22.0 Å². The molecule has 8 nitrogen and oxygen atoms in total. The number of rotatable bonds is 8. The van der Waals surface area contributed by atoms with Crippen LogP contribution in [0.4, 0.5) is 0 Å². The molecule has 0 unspecified atom stereocenters. The summed E-state index contributed by atoms with van der Waals surface area (Å²) in [7, 11) is -3.88. The van der Waals surface area contributed by atoms with Crippen molar-refractivity contribution in [1.82, 2.24) is 14.3 Å². The average molecular weight is 412 g/mol. The molecule has 3 rings (SSSR count). The molecule has 150 valence electrons. The predicted octanol–water partition coefficient (Wildman–Crippen LogP) is 1.61. The summed E-state index contributed by atoms with van der Waals surface area (Å²) in [6, 6.07) is 9.53. The Morgan fingerprint density at radius 3 is 2.76 bits per heavy atom. The highest BCUT2D eigenvalue weighted by Crippen LogP contribution is 2.24. The third kappa shape index (κ3) is 5.09. The fourth-order valence-corrected chi connectivity index (χ4v) is 3.86. The molecular formula is C20H20N4O4S. The monoisotopic (exact) mass is 412 g/mol. The summed E-state index contributed by atoms with van der Waals surface area (Å²) < 4.78 is 26.5. The number of amides is 1. The number of aromatic nitrogens is 2. The second kappa shape index (κ2) is 8.72. The van der Waals surface area contributed by atoms with Crippen molar-refractivity contribution in [3.05, 3.63) is 84.0 Å².